The zero-order valence-corrected chi connectivity index (χ0v) is 28.6. The second-order valence-corrected chi connectivity index (χ2v) is 14.5. The summed E-state index contributed by atoms with van der Waals surface area (Å²) >= 11 is 0. The molecule has 2 aromatic rings. The fourth-order valence-corrected chi connectivity index (χ4v) is 7.95. The number of carboxylic acid groups (broad SMARTS) is 1. The minimum Gasteiger partial charge on any atom is -0.475 e. The van der Waals surface area contributed by atoms with Gasteiger partial charge in [-0.1, -0.05) is 61.7 Å². The summed E-state index contributed by atoms with van der Waals surface area (Å²) in [6.45, 7) is 5.41. The van der Waals surface area contributed by atoms with E-state index in [2.05, 4.69) is 10.0 Å². The molecule has 2 amide bonds. The van der Waals surface area contributed by atoms with Crippen molar-refractivity contribution in [2.24, 2.45) is 5.73 Å². The Balaban J connectivity index is 0.000000838. The van der Waals surface area contributed by atoms with Gasteiger partial charge in [-0.05, 0) is 81.7 Å². The van der Waals surface area contributed by atoms with E-state index in [4.69, 9.17) is 15.6 Å². The SMILES string of the molecule is CCN(CC1=C(c2ccc(F)cc2)S(=O)(=O)NC12CCCCC2)C(=O)[C@@H](CCCc1ccccc1)NC(=O)C(C)(C)N.O=C(O)C(F)(F)F. The lowest BCUT2D eigenvalue weighted by atomic mass is 9.76. The van der Waals surface area contributed by atoms with E-state index >= 15 is 0 Å². The molecule has 0 aromatic heterocycles. The molecule has 0 bridgehead atoms. The highest BCUT2D eigenvalue weighted by Crippen LogP contribution is 2.45. The minimum absolute atomic E-state index is 0.0747. The molecule has 1 fully saturated rings. The van der Waals surface area contributed by atoms with Gasteiger partial charge < -0.3 is 21.1 Å². The molecule has 2 aliphatic rings. The number of rotatable bonds is 11. The van der Waals surface area contributed by atoms with Gasteiger partial charge in [-0.25, -0.2) is 22.3 Å². The summed E-state index contributed by atoms with van der Waals surface area (Å²) in [5, 5.41) is 10.00. The van der Waals surface area contributed by atoms with Crippen molar-refractivity contribution in [1.82, 2.24) is 14.9 Å². The number of amides is 2. The number of aliphatic carboxylic acids is 1. The number of nitrogens with two attached hydrogens (primary N) is 1. The second kappa shape index (κ2) is 16.3. The highest BCUT2D eigenvalue weighted by molar-refractivity contribution is 7.99. The Kier molecular flexibility index (Phi) is 13.1. The average molecular weight is 713 g/mol. The van der Waals surface area contributed by atoms with Crippen molar-refractivity contribution in [2.75, 3.05) is 13.1 Å². The Morgan fingerprint density at radius 2 is 1.59 bits per heavy atom. The number of carboxylic acids is 1. The lowest BCUT2D eigenvalue weighted by Gasteiger charge is -2.38. The van der Waals surface area contributed by atoms with E-state index in [0.717, 1.165) is 31.2 Å². The predicted molar refractivity (Wildman–Crippen MR) is 177 cm³/mol. The van der Waals surface area contributed by atoms with Crippen molar-refractivity contribution >= 4 is 32.7 Å². The summed E-state index contributed by atoms with van der Waals surface area (Å²) in [6, 6.07) is 14.5. The van der Waals surface area contributed by atoms with Crippen LogP contribution in [-0.4, -0.2) is 72.6 Å². The van der Waals surface area contributed by atoms with Gasteiger partial charge in [0.25, 0.3) is 0 Å². The van der Waals surface area contributed by atoms with Crippen molar-refractivity contribution in [3.8, 4) is 0 Å². The fraction of sp³-hybridized carbons (Fsp3) is 0.500. The number of benzene rings is 2. The maximum atomic E-state index is 14.1. The first-order valence-electron chi connectivity index (χ1n) is 16.1. The van der Waals surface area contributed by atoms with Gasteiger partial charge in [-0.2, -0.15) is 13.2 Å². The third-order valence-electron chi connectivity index (χ3n) is 8.54. The molecule has 1 aliphatic heterocycles. The van der Waals surface area contributed by atoms with Gasteiger partial charge in [0.15, 0.2) is 0 Å². The maximum Gasteiger partial charge on any atom is 0.490 e. The number of likely N-dealkylation sites (N-methyl/N-ethyl adjacent to an activating group) is 1. The molecule has 1 saturated carbocycles. The summed E-state index contributed by atoms with van der Waals surface area (Å²) in [7, 11) is -3.91. The molecular formula is C34H44F4N4O6S. The van der Waals surface area contributed by atoms with E-state index in [0.29, 0.717) is 43.4 Å². The molecule has 0 saturated heterocycles. The predicted octanol–water partition coefficient (Wildman–Crippen LogP) is 4.90. The van der Waals surface area contributed by atoms with Gasteiger partial charge in [0.1, 0.15) is 11.9 Å². The first kappa shape index (κ1) is 39.6. The van der Waals surface area contributed by atoms with Gasteiger partial charge in [0, 0.05) is 13.1 Å². The third kappa shape index (κ3) is 10.6. The molecule has 0 radical (unpaired) electrons. The van der Waals surface area contributed by atoms with Gasteiger partial charge in [-0.15, -0.1) is 0 Å². The van der Waals surface area contributed by atoms with E-state index in [1.165, 1.54) is 24.3 Å². The van der Waals surface area contributed by atoms with Crippen LogP contribution in [0.3, 0.4) is 0 Å². The first-order valence-corrected chi connectivity index (χ1v) is 17.6. The fourth-order valence-electron chi connectivity index (χ4n) is 5.98. The van der Waals surface area contributed by atoms with Crippen molar-refractivity contribution in [2.45, 2.75) is 95.4 Å². The number of carbonyl (C=O) groups is 3. The van der Waals surface area contributed by atoms with Crippen LogP contribution in [0.15, 0.2) is 60.2 Å². The van der Waals surface area contributed by atoms with Crippen LogP contribution in [0.5, 0.6) is 0 Å². The molecule has 1 atom stereocenters. The van der Waals surface area contributed by atoms with Crippen molar-refractivity contribution < 1.29 is 45.5 Å². The van der Waals surface area contributed by atoms with Crippen LogP contribution in [0.4, 0.5) is 17.6 Å². The van der Waals surface area contributed by atoms with Crippen LogP contribution in [0.1, 0.15) is 76.8 Å². The summed E-state index contributed by atoms with van der Waals surface area (Å²) in [6.07, 6.45) is 0.670. The van der Waals surface area contributed by atoms with E-state index in [9.17, 15) is 35.6 Å². The number of sulfonamides is 1. The molecule has 4 rings (SSSR count). The Morgan fingerprint density at radius 3 is 2.10 bits per heavy atom. The molecular weight excluding hydrogens is 668 g/mol. The standard InChI is InChI=1S/C32H43FN4O4S.C2HF3O2/c1-4-37(29(38)27(35-30(39)31(2,3)34)15-11-14-23-12-7-5-8-13-23)22-26-28(24-16-18-25(33)19-17-24)42(40,41)36-32(26)20-9-6-10-21-32;3-2(4,5)1(6)7/h5,7-8,12-13,16-19,27,36H,4,6,9-11,14-15,20-22,34H2,1-3H3,(H,35,39);(H,6,7)/t27-;/m1./s1. The number of nitrogens with one attached hydrogen (secondary N) is 2. The second-order valence-electron chi connectivity index (χ2n) is 12.8. The molecule has 1 aliphatic carbocycles. The molecule has 270 valence electrons. The summed E-state index contributed by atoms with van der Waals surface area (Å²) < 4.78 is 75.7. The number of alkyl halides is 3. The van der Waals surface area contributed by atoms with Gasteiger partial charge in [-0.3, -0.25) is 9.59 Å². The molecule has 10 nitrogen and oxygen atoms in total. The lowest BCUT2D eigenvalue weighted by molar-refractivity contribution is -0.192. The Morgan fingerprint density at radius 1 is 1.02 bits per heavy atom. The van der Waals surface area contributed by atoms with E-state index in [1.807, 2.05) is 37.3 Å². The van der Waals surface area contributed by atoms with Crippen molar-refractivity contribution in [3.05, 3.63) is 77.1 Å². The number of nitrogens with zero attached hydrogens (tertiary/aromatic N) is 1. The first-order chi connectivity index (χ1) is 22.8. The summed E-state index contributed by atoms with van der Waals surface area (Å²) in [4.78, 5) is 37.7. The highest BCUT2D eigenvalue weighted by atomic mass is 32.2. The number of hydrogen-bond donors (Lipinski definition) is 4. The normalized spacial score (nSPS) is 17.6. The maximum absolute atomic E-state index is 14.1. The summed E-state index contributed by atoms with van der Waals surface area (Å²) in [5.74, 6) is -3.94. The van der Waals surface area contributed by atoms with E-state index in [1.54, 1.807) is 18.7 Å². The van der Waals surface area contributed by atoms with Crippen LogP contribution in [-0.2, 0) is 30.8 Å². The Hall–Kier alpha value is -3.82. The van der Waals surface area contributed by atoms with Crippen LogP contribution in [0.2, 0.25) is 0 Å². The topological polar surface area (TPSA) is 159 Å². The molecule has 1 spiro atoms. The van der Waals surface area contributed by atoms with Gasteiger partial charge in [0.05, 0.1) is 16.0 Å². The zero-order valence-electron chi connectivity index (χ0n) is 27.8. The number of hydrogen-bond acceptors (Lipinski definition) is 6. The zero-order chi connectivity index (χ0) is 36.6. The van der Waals surface area contributed by atoms with Crippen LogP contribution >= 0.6 is 0 Å². The monoisotopic (exact) mass is 712 g/mol. The van der Waals surface area contributed by atoms with Crippen LogP contribution in [0.25, 0.3) is 4.91 Å². The van der Waals surface area contributed by atoms with E-state index in [-0.39, 0.29) is 17.4 Å². The van der Waals surface area contributed by atoms with Crippen LogP contribution in [0, 0.1) is 5.82 Å². The molecule has 2 aromatic carbocycles. The summed E-state index contributed by atoms with van der Waals surface area (Å²) in [5.41, 5.74) is 6.22. The molecule has 15 heteroatoms. The number of halogens is 4. The van der Waals surface area contributed by atoms with Crippen LogP contribution < -0.4 is 15.8 Å². The molecule has 49 heavy (non-hydrogen) atoms. The van der Waals surface area contributed by atoms with Crippen molar-refractivity contribution in [3.63, 3.8) is 0 Å². The smallest absolute Gasteiger partial charge is 0.475 e. The Bertz CT molecular complexity index is 1600. The van der Waals surface area contributed by atoms with Crippen molar-refractivity contribution in [1.29, 1.82) is 0 Å². The average Bonchev–Trinajstić information content (AvgIpc) is 3.23. The number of carbonyl (C=O) groups excluding carboxylic acids is 2. The quantitative estimate of drug-likeness (QED) is 0.241. The molecule has 0 unspecified atom stereocenters. The van der Waals surface area contributed by atoms with Gasteiger partial charge in [0.2, 0.25) is 21.8 Å². The van der Waals surface area contributed by atoms with E-state index < -0.39 is 51.0 Å². The molecule has 5 N–H and O–H groups in total. The Labute approximate surface area is 284 Å². The number of aryl methyl sites for hydroxylation is 1. The lowest BCUT2D eigenvalue weighted by Crippen LogP contribution is -2.57. The van der Waals surface area contributed by atoms with Gasteiger partial charge >= 0.3 is 12.1 Å². The molecule has 1 heterocycles. The third-order valence-corrected chi connectivity index (χ3v) is 10.2. The largest absolute Gasteiger partial charge is 0.490 e. The highest BCUT2D eigenvalue weighted by Gasteiger charge is 2.50. The minimum atomic E-state index is -5.08.